The Hall–Kier alpha value is -2.01. The Morgan fingerprint density at radius 2 is 1.77 bits per heavy atom. The van der Waals surface area contributed by atoms with Crippen LogP contribution in [-0.2, 0) is 10.0 Å². The molecule has 5 heteroatoms. The van der Waals surface area contributed by atoms with E-state index in [1.165, 1.54) is 6.07 Å². The fourth-order valence-corrected chi connectivity index (χ4v) is 3.22. The Balaban J connectivity index is 2.26. The lowest BCUT2D eigenvalue weighted by Gasteiger charge is -2.12. The topological polar surface area (TPSA) is 66.4 Å². The Bertz CT molecular complexity index is 752. The van der Waals surface area contributed by atoms with Gasteiger partial charge in [-0.3, -0.25) is 4.72 Å². The van der Waals surface area contributed by atoms with E-state index in [1.54, 1.807) is 24.3 Å². The summed E-state index contributed by atoms with van der Waals surface area (Å²) in [6, 6.07) is 11.7. The molecule has 2 rings (SSSR count). The van der Waals surface area contributed by atoms with Gasteiger partial charge in [0.1, 0.15) is 5.75 Å². The van der Waals surface area contributed by atoms with Gasteiger partial charge in [0.15, 0.2) is 0 Å². The highest BCUT2D eigenvalue weighted by Crippen LogP contribution is 2.27. The van der Waals surface area contributed by atoms with Crippen molar-refractivity contribution in [1.29, 1.82) is 0 Å². The molecule has 22 heavy (non-hydrogen) atoms. The van der Waals surface area contributed by atoms with Crippen LogP contribution in [0.5, 0.6) is 5.75 Å². The van der Waals surface area contributed by atoms with E-state index in [4.69, 9.17) is 0 Å². The lowest BCUT2D eigenvalue weighted by atomic mass is 9.99. The van der Waals surface area contributed by atoms with Crippen LogP contribution in [-0.4, -0.2) is 13.5 Å². The van der Waals surface area contributed by atoms with E-state index >= 15 is 0 Å². The first-order chi connectivity index (χ1) is 10.3. The average molecular weight is 319 g/mol. The maximum absolute atomic E-state index is 12.4. The molecular weight excluding hydrogens is 298 g/mol. The van der Waals surface area contributed by atoms with Crippen molar-refractivity contribution in [2.75, 3.05) is 4.72 Å². The predicted molar refractivity (Wildman–Crippen MR) is 88.8 cm³/mol. The number of benzene rings is 2. The second-order valence-electron chi connectivity index (χ2n) is 5.50. The van der Waals surface area contributed by atoms with Gasteiger partial charge in [0.2, 0.25) is 0 Å². The minimum Gasteiger partial charge on any atom is -0.506 e. The van der Waals surface area contributed by atoms with Crippen LogP contribution in [0.4, 0.5) is 5.69 Å². The van der Waals surface area contributed by atoms with Crippen molar-refractivity contribution in [3.05, 3.63) is 53.6 Å². The normalized spacial score (nSPS) is 12.9. The van der Waals surface area contributed by atoms with Gasteiger partial charge in [-0.2, -0.15) is 0 Å². The molecule has 2 N–H and O–H groups in total. The van der Waals surface area contributed by atoms with Gasteiger partial charge >= 0.3 is 0 Å². The molecule has 0 fully saturated rings. The van der Waals surface area contributed by atoms with Gasteiger partial charge in [-0.25, -0.2) is 8.42 Å². The summed E-state index contributed by atoms with van der Waals surface area (Å²) < 4.78 is 27.1. The highest BCUT2D eigenvalue weighted by atomic mass is 32.2. The number of aromatic hydroxyl groups is 1. The zero-order valence-corrected chi connectivity index (χ0v) is 13.8. The SMILES string of the molecule is CCC(C)c1ccc(S(=O)(=O)Nc2ccc(C)cc2O)cc1. The molecule has 0 radical (unpaired) electrons. The maximum atomic E-state index is 12.4. The standard InChI is InChI=1S/C17H21NO3S/c1-4-13(3)14-6-8-15(9-7-14)22(20,21)18-16-10-5-12(2)11-17(16)19/h5-11,13,18-19H,4H2,1-3H3. The number of aryl methyl sites for hydroxylation is 1. The molecule has 1 unspecified atom stereocenters. The quantitative estimate of drug-likeness (QED) is 0.818. The van der Waals surface area contributed by atoms with Gasteiger partial charge < -0.3 is 5.11 Å². The van der Waals surface area contributed by atoms with Crippen LogP contribution in [0.3, 0.4) is 0 Å². The number of rotatable bonds is 5. The molecule has 0 saturated heterocycles. The first-order valence-corrected chi connectivity index (χ1v) is 8.74. The van der Waals surface area contributed by atoms with Gasteiger partial charge in [0.05, 0.1) is 10.6 Å². The third-order valence-electron chi connectivity index (χ3n) is 3.77. The van der Waals surface area contributed by atoms with Crippen molar-refractivity contribution >= 4 is 15.7 Å². The van der Waals surface area contributed by atoms with Crippen molar-refractivity contribution in [3.63, 3.8) is 0 Å². The minimum absolute atomic E-state index is 0.0835. The molecule has 0 amide bonds. The first-order valence-electron chi connectivity index (χ1n) is 7.26. The molecule has 0 aliphatic rings. The van der Waals surface area contributed by atoms with E-state index < -0.39 is 10.0 Å². The van der Waals surface area contributed by atoms with Crippen LogP contribution in [0.15, 0.2) is 47.4 Å². The van der Waals surface area contributed by atoms with E-state index in [2.05, 4.69) is 18.6 Å². The summed E-state index contributed by atoms with van der Waals surface area (Å²) in [6.07, 6.45) is 1.00. The fraction of sp³-hybridized carbons (Fsp3) is 0.294. The number of hydrogen-bond donors (Lipinski definition) is 2. The smallest absolute Gasteiger partial charge is 0.262 e. The largest absolute Gasteiger partial charge is 0.506 e. The molecule has 2 aromatic rings. The fourth-order valence-electron chi connectivity index (χ4n) is 2.14. The summed E-state index contributed by atoms with van der Waals surface area (Å²) >= 11 is 0. The van der Waals surface area contributed by atoms with Gasteiger partial charge in [-0.15, -0.1) is 0 Å². The molecular formula is C17H21NO3S. The number of sulfonamides is 1. The van der Waals surface area contributed by atoms with Gasteiger partial charge in [0, 0.05) is 0 Å². The monoisotopic (exact) mass is 319 g/mol. The molecule has 0 aromatic heterocycles. The number of anilines is 1. The molecule has 0 spiro atoms. The second-order valence-corrected chi connectivity index (χ2v) is 7.19. The third-order valence-corrected chi connectivity index (χ3v) is 5.15. The predicted octanol–water partition coefficient (Wildman–Crippen LogP) is 4.01. The Morgan fingerprint density at radius 1 is 1.14 bits per heavy atom. The highest BCUT2D eigenvalue weighted by Gasteiger charge is 2.16. The minimum atomic E-state index is -3.71. The van der Waals surface area contributed by atoms with Crippen molar-refractivity contribution < 1.29 is 13.5 Å². The Morgan fingerprint density at radius 3 is 2.32 bits per heavy atom. The molecule has 2 aromatic carbocycles. The summed E-state index contributed by atoms with van der Waals surface area (Å²) in [5.74, 6) is 0.311. The maximum Gasteiger partial charge on any atom is 0.262 e. The highest BCUT2D eigenvalue weighted by molar-refractivity contribution is 7.92. The van der Waals surface area contributed by atoms with E-state index in [1.807, 2.05) is 19.1 Å². The zero-order chi connectivity index (χ0) is 16.3. The number of phenolic OH excluding ortho intramolecular Hbond substituents is 1. The van der Waals surface area contributed by atoms with Crippen molar-refractivity contribution in [1.82, 2.24) is 0 Å². The number of nitrogens with one attached hydrogen (secondary N) is 1. The number of hydrogen-bond acceptors (Lipinski definition) is 3. The molecule has 0 bridgehead atoms. The molecule has 0 heterocycles. The van der Waals surface area contributed by atoms with Gasteiger partial charge in [0.25, 0.3) is 10.0 Å². The van der Waals surface area contributed by atoms with Crippen LogP contribution in [0.1, 0.15) is 37.3 Å². The molecule has 0 saturated carbocycles. The number of phenols is 1. The first kappa shape index (κ1) is 16.4. The lowest BCUT2D eigenvalue weighted by molar-refractivity contribution is 0.477. The van der Waals surface area contributed by atoms with E-state index in [0.29, 0.717) is 5.92 Å². The van der Waals surface area contributed by atoms with Crippen LogP contribution in [0.25, 0.3) is 0 Å². The molecule has 1 atom stereocenters. The van der Waals surface area contributed by atoms with Crippen LogP contribution >= 0.6 is 0 Å². The molecule has 0 aliphatic carbocycles. The Labute approximate surface area is 131 Å². The summed E-state index contributed by atoms with van der Waals surface area (Å²) in [7, 11) is -3.71. The van der Waals surface area contributed by atoms with Crippen molar-refractivity contribution in [2.45, 2.75) is 38.0 Å². The average Bonchev–Trinajstić information content (AvgIpc) is 2.49. The lowest BCUT2D eigenvalue weighted by Crippen LogP contribution is -2.13. The van der Waals surface area contributed by atoms with Crippen molar-refractivity contribution in [2.24, 2.45) is 0 Å². The third kappa shape index (κ3) is 3.60. The second kappa shape index (κ2) is 6.40. The summed E-state index contributed by atoms with van der Waals surface area (Å²) in [4.78, 5) is 0.180. The van der Waals surface area contributed by atoms with Crippen LogP contribution in [0.2, 0.25) is 0 Å². The van der Waals surface area contributed by atoms with E-state index in [0.717, 1.165) is 17.5 Å². The van der Waals surface area contributed by atoms with E-state index in [9.17, 15) is 13.5 Å². The van der Waals surface area contributed by atoms with Crippen molar-refractivity contribution in [3.8, 4) is 5.75 Å². The van der Waals surface area contributed by atoms with Gasteiger partial charge in [-0.1, -0.05) is 32.0 Å². The van der Waals surface area contributed by atoms with Crippen LogP contribution < -0.4 is 4.72 Å². The molecule has 118 valence electrons. The molecule has 0 aliphatic heterocycles. The van der Waals surface area contributed by atoms with Gasteiger partial charge in [-0.05, 0) is 54.7 Å². The van der Waals surface area contributed by atoms with Crippen LogP contribution in [0, 0.1) is 6.92 Å². The summed E-state index contributed by atoms with van der Waals surface area (Å²) in [5.41, 5.74) is 2.15. The Kier molecular flexibility index (Phi) is 4.76. The molecule has 4 nitrogen and oxygen atoms in total. The zero-order valence-electron chi connectivity index (χ0n) is 13.0. The summed E-state index contributed by atoms with van der Waals surface area (Å²) in [6.45, 7) is 6.02. The summed E-state index contributed by atoms with van der Waals surface area (Å²) in [5, 5.41) is 9.82. The van der Waals surface area contributed by atoms with E-state index in [-0.39, 0.29) is 16.3 Å².